The molecule has 0 N–H and O–H groups in total. The zero-order chi connectivity index (χ0) is 12.3. The lowest BCUT2D eigenvalue weighted by Crippen LogP contribution is -2.40. The van der Waals surface area contributed by atoms with Crippen molar-refractivity contribution in [2.24, 2.45) is 11.8 Å². The van der Waals surface area contributed by atoms with Crippen LogP contribution < -0.4 is 0 Å². The fourth-order valence-corrected chi connectivity index (χ4v) is 2.32. The van der Waals surface area contributed by atoms with E-state index in [4.69, 9.17) is 4.74 Å². The van der Waals surface area contributed by atoms with Crippen molar-refractivity contribution in [1.82, 2.24) is 4.90 Å². The van der Waals surface area contributed by atoms with Crippen molar-refractivity contribution in [3.05, 3.63) is 0 Å². The molecule has 4 nitrogen and oxygen atoms in total. The number of rotatable bonds is 4. The molecular formula is C13H21NO3. The van der Waals surface area contributed by atoms with Crippen LogP contribution in [0.3, 0.4) is 0 Å². The normalized spacial score (nSPS) is 21.4. The number of piperidine rings is 1. The summed E-state index contributed by atoms with van der Waals surface area (Å²) in [4.78, 5) is 25.3. The van der Waals surface area contributed by atoms with Gasteiger partial charge in [0.1, 0.15) is 0 Å². The van der Waals surface area contributed by atoms with Crippen molar-refractivity contribution in [1.29, 1.82) is 0 Å². The summed E-state index contributed by atoms with van der Waals surface area (Å²) in [6.07, 6.45) is 4.66. The summed E-state index contributed by atoms with van der Waals surface area (Å²) in [5, 5.41) is 0. The van der Waals surface area contributed by atoms with Crippen LogP contribution in [0, 0.1) is 11.8 Å². The summed E-state index contributed by atoms with van der Waals surface area (Å²) in [7, 11) is 0. The Morgan fingerprint density at radius 1 is 1.18 bits per heavy atom. The molecule has 0 spiro atoms. The third-order valence-corrected chi connectivity index (χ3v) is 3.63. The maximum Gasteiger partial charge on any atom is 0.309 e. The molecule has 0 bridgehead atoms. The highest BCUT2D eigenvalue weighted by atomic mass is 16.5. The number of nitrogens with zero attached hydrogens (tertiary/aromatic N) is 1. The van der Waals surface area contributed by atoms with Crippen molar-refractivity contribution in [3.63, 3.8) is 0 Å². The molecule has 0 unspecified atom stereocenters. The first-order valence-electron chi connectivity index (χ1n) is 6.65. The van der Waals surface area contributed by atoms with E-state index in [9.17, 15) is 9.59 Å². The van der Waals surface area contributed by atoms with E-state index in [1.54, 1.807) is 0 Å². The fourth-order valence-electron chi connectivity index (χ4n) is 2.32. The lowest BCUT2D eigenvalue weighted by Gasteiger charge is -2.31. The number of amides is 1. The molecule has 1 saturated heterocycles. The molecule has 0 aromatic heterocycles. The number of likely N-dealkylation sites (tertiary alicyclic amines) is 1. The first-order valence-corrected chi connectivity index (χ1v) is 6.65. The fraction of sp³-hybridized carbons (Fsp3) is 0.846. The van der Waals surface area contributed by atoms with Crippen LogP contribution in [0.5, 0.6) is 0 Å². The molecule has 1 amide bonds. The minimum atomic E-state index is -0.0956. The molecule has 17 heavy (non-hydrogen) atoms. The van der Waals surface area contributed by atoms with Gasteiger partial charge in [-0.05, 0) is 38.5 Å². The zero-order valence-electron chi connectivity index (χ0n) is 10.5. The van der Waals surface area contributed by atoms with Gasteiger partial charge in [-0.25, -0.2) is 0 Å². The summed E-state index contributed by atoms with van der Waals surface area (Å²) < 4.78 is 5.01. The van der Waals surface area contributed by atoms with Crippen molar-refractivity contribution in [2.45, 2.75) is 39.0 Å². The molecule has 2 aliphatic rings. The largest absolute Gasteiger partial charge is 0.466 e. The number of hydrogen-bond donors (Lipinski definition) is 0. The van der Waals surface area contributed by atoms with E-state index in [-0.39, 0.29) is 17.8 Å². The molecular weight excluding hydrogens is 218 g/mol. The number of ether oxygens (including phenoxy) is 1. The Morgan fingerprint density at radius 2 is 1.82 bits per heavy atom. The smallest absolute Gasteiger partial charge is 0.309 e. The second-order valence-electron chi connectivity index (χ2n) is 5.05. The maximum atomic E-state index is 11.9. The number of carbonyl (C=O) groups is 2. The topological polar surface area (TPSA) is 46.6 Å². The Morgan fingerprint density at radius 3 is 2.35 bits per heavy atom. The molecule has 1 aliphatic carbocycles. The van der Waals surface area contributed by atoms with Gasteiger partial charge in [-0.3, -0.25) is 9.59 Å². The van der Waals surface area contributed by atoms with Crippen molar-refractivity contribution in [2.75, 3.05) is 19.7 Å². The third-order valence-electron chi connectivity index (χ3n) is 3.63. The van der Waals surface area contributed by atoms with Crippen molar-refractivity contribution in [3.8, 4) is 0 Å². The van der Waals surface area contributed by atoms with E-state index in [0.29, 0.717) is 18.9 Å². The molecule has 2 fully saturated rings. The average molecular weight is 239 g/mol. The lowest BCUT2D eigenvalue weighted by atomic mass is 9.96. The molecule has 1 aliphatic heterocycles. The summed E-state index contributed by atoms with van der Waals surface area (Å²) in [5.74, 6) is 0.821. The monoisotopic (exact) mass is 239 g/mol. The first kappa shape index (κ1) is 12.4. The Balaban J connectivity index is 1.73. The van der Waals surface area contributed by atoms with Crippen LogP contribution in [-0.2, 0) is 14.3 Å². The average Bonchev–Trinajstić information content (AvgIpc) is 3.13. The van der Waals surface area contributed by atoms with Gasteiger partial charge in [0.2, 0.25) is 5.91 Å². The van der Waals surface area contributed by atoms with Gasteiger partial charge >= 0.3 is 5.97 Å². The van der Waals surface area contributed by atoms with E-state index >= 15 is 0 Å². The molecule has 0 aromatic carbocycles. The standard InChI is InChI=1S/C13H21NO3/c1-2-17-13(16)11-5-7-14(8-6-11)12(15)9-10-3-4-10/h10-11H,2-9H2,1H3. The lowest BCUT2D eigenvalue weighted by molar-refractivity contribution is -0.151. The Labute approximate surface area is 102 Å². The third kappa shape index (κ3) is 3.45. The highest BCUT2D eigenvalue weighted by Gasteiger charge is 2.31. The minimum Gasteiger partial charge on any atom is -0.466 e. The highest BCUT2D eigenvalue weighted by Crippen LogP contribution is 2.33. The highest BCUT2D eigenvalue weighted by molar-refractivity contribution is 5.77. The van der Waals surface area contributed by atoms with Crippen LogP contribution in [0.2, 0.25) is 0 Å². The molecule has 2 rings (SSSR count). The molecule has 1 heterocycles. The number of carbonyl (C=O) groups excluding carboxylic acids is 2. The van der Waals surface area contributed by atoms with E-state index in [1.807, 2.05) is 11.8 Å². The number of esters is 1. The van der Waals surface area contributed by atoms with Gasteiger partial charge in [-0.1, -0.05) is 0 Å². The molecule has 1 saturated carbocycles. The van der Waals surface area contributed by atoms with Crippen molar-refractivity contribution >= 4 is 11.9 Å². The van der Waals surface area contributed by atoms with Gasteiger partial charge in [-0.2, -0.15) is 0 Å². The predicted octanol–water partition coefficient (Wildman–Crippen LogP) is 1.59. The van der Waals surface area contributed by atoms with Crippen LogP contribution in [0.4, 0.5) is 0 Å². The van der Waals surface area contributed by atoms with Gasteiger partial charge in [0, 0.05) is 19.5 Å². The van der Waals surface area contributed by atoms with Gasteiger partial charge in [0.15, 0.2) is 0 Å². The van der Waals surface area contributed by atoms with Crippen LogP contribution in [0.15, 0.2) is 0 Å². The molecule has 0 atom stereocenters. The summed E-state index contributed by atoms with van der Waals surface area (Å²) in [6.45, 7) is 3.70. The van der Waals surface area contributed by atoms with E-state index in [0.717, 1.165) is 25.9 Å². The van der Waals surface area contributed by atoms with Crippen LogP contribution in [0.1, 0.15) is 39.0 Å². The Bertz CT molecular complexity index is 291. The summed E-state index contributed by atoms with van der Waals surface area (Å²) in [6, 6.07) is 0. The first-order chi connectivity index (χ1) is 8.20. The van der Waals surface area contributed by atoms with Gasteiger partial charge in [0.05, 0.1) is 12.5 Å². The Kier molecular flexibility index (Phi) is 4.02. The van der Waals surface area contributed by atoms with Crippen LogP contribution >= 0.6 is 0 Å². The molecule has 0 radical (unpaired) electrons. The predicted molar refractivity (Wildman–Crippen MR) is 63.3 cm³/mol. The van der Waals surface area contributed by atoms with E-state index in [1.165, 1.54) is 12.8 Å². The molecule has 96 valence electrons. The maximum absolute atomic E-state index is 11.9. The number of hydrogen-bond acceptors (Lipinski definition) is 3. The van der Waals surface area contributed by atoms with E-state index < -0.39 is 0 Å². The van der Waals surface area contributed by atoms with Gasteiger partial charge in [0.25, 0.3) is 0 Å². The van der Waals surface area contributed by atoms with E-state index in [2.05, 4.69) is 0 Å². The molecule has 4 heteroatoms. The summed E-state index contributed by atoms with van der Waals surface area (Å²) in [5.41, 5.74) is 0. The second-order valence-corrected chi connectivity index (χ2v) is 5.05. The Hall–Kier alpha value is -1.06. The van der Waals surface area contributed by atoms with Crippen LogP contribution in [-0.4, -0.2) is 36.5 Å². The quantitative estimate of drug-likeness (QED) is 0.700. The van der Waals surface area contributed by atoms with Crippen molar-refractivity contribution < 1.29 is 14.3 Å². The SMILES string of the molecule is CCOC(=O)C1CCN(C(=O)CC2CC2)CC1. The van der Waals surface area contributed by atoms with Gasteiger partial charge < -0.3 is 9.64 Å². The molecule has 0 aromatic rings. The minimum absolute atomic E-state index is 0.0000694. The van der Waals surface area contributed by atoms with Gasteiger partial charge in [-0.15, -0.1) is 0 Å². The summed E-state index contributed by atoms with van der Waals surface area (Å²) >= 11 is 0. The second kappa shape index (κ2) is 5.52. The zero-order valence-corrected chi connectivity index (χ0v) is 10.5. The van der Waals surface area contributed by atoms with Crippen LogP contribution in [0.25, 0.3) is 0 Å².